The first-order chi connectivity index (χ1) is 7.74. The van der Waals surface area contributed by atoms with Crippen LogP contribution in [0.15, 0.2) is 53.4 Å². The normalized spacial score (nSPS) is 10.4. The standard InChI is InChI=1S/C15H16S/c1-12-5-3-7-14(9-12)11-16-15-8-4-6-13(2)10-15/h3-10H,11H2,1-2H3. The van der Waals surface area contributed by atoms with Gasteiger partial charge >= 0.3 is 0 Å². The van der Waals surface area contributed by atoms with Gasteiger partial charge in [0.2, 0.25) is 0 Å². The van der Waals surface area contributed by atoms with Crippen molar-refractivity contribution in [3.63, 3.8) is 0 Å². The number of hydrogen-bond acceptors (Lipinski definition) is 1. The van der Waals surface area contributed by atoms with Crippen LogP contribution in [0.4, 0.5) is 0 Å². The Morgan fingerprint density at radius 3 is 2.25 bits per heavy atom. The summed E-state index contributed by atoms with van der Waals surface area (Å²) in [6, 6.07) is 17.4. The second-order valence-corrected chi connectivity index (χ2v) is 5.14. The maximum absolute atomic E-state index is 2.25. The fraction of sp³-hybridized carbons (Fsp3) is 0.200. The molecule has 0 atom stereocenters. The monoisotopic (exact) mass is 228 g/mol. The van der Waals surface area contributed by atoms with Crippen LogP contribution in [0.2, 0.25) is 0 Å². The Labute approximate surface area is 102 Å². The highest BCUT2D eigenvalue weighted by molar-refractivity contribution is 7.98. The number of aryl methyl sites for hydroxylation is 2. The summed E-state index contributed by atoms with van der Waals surface area (Å²) < 4.78 is 0. The van der Waals surface area contributed by atoms with Crippen molar-refractivity contribution in [2.75, 3.05) is 0 Å². The minimum absolute atomic E-state index is 1.05. The van der Waals surface area contributed by atoms with E-state index >= 15 is 0 Å². The average molecular weight is 228 g/mol. The molecule has 0 amide bonds. The first-order valence-corrected chi connectivity index (χ1v) is 6.47. The van der Waals surface area contributed by atoms with Gasteiger partial charge in [-0.05, 0) is 31.5 Å². The quantitative estimate of drug-likeness (QED) is 0.692. The lowest BCUT2D eigenvalue weighted by atomic mass is 10.2. The number of rotatable bonds is 3. The predicted molar refractivity (Wildman–Crippen MR) is 71.9 cm³/mol. The van der Waals surface area contributed by atoms with Gasteiger partial charge in [-0.25, -0.2) is 0 Å². The van der Waals surface area contributed by atoms with E-state index in [1.807, 2.05) is 11.8 Å². The molecule has 1 heteroatoms. The summed E-state index contributed by atoms with van der Waals surface area (Å²) >= 11 is 1.90. The molecule has 82 valence electrons. The SMILES string of the molecule is Cc1cccc(CSc2cccc(C)c2)c1. The van der Waals surface area contributed by atoms with Crippen molar-refractivity contribution in [3.05, 3.63) is 65.2 Å². The minimum atomic E-state index is 1.05. The second-order valence-electron chi connectivity index (χ2n) is 4.09. The molecule has 0 radical (unpaired) electrons. The molecule has 0 spiro atoms. The van der Waals surface area contributed by atoms with Crippen molar-refractivity contribution in [1.82, 2.24) is 0 Å². The lowest BCUT2D eigenvalue weighted by molar-refractivity contribution is 1.32. The van der Waals surface area contributed by atoms with E-state index in [9.17, 15) is 0 Å². The minimum Gasteiger partial charge on any atom is -0.121 e. The van der Waals surface area contributed by atoms with Crippen LogP contribution in [0.25, 0.3) is 0 Å². The zero-order valence-electron chi connectivity index (χ0n) is 9.73. The topological polar surface area (TPSA) is 0 Å². The summed E-state index contributed by atoms with van der Waals surface area (Å²) in [4.78, 5) is 1.35. The van der Waals surface area contributed by atoms with Crippen LogP contribution in [0.3, 0.4) is 0 Å². The summed E-state index contributed by atoms with van der Waals surface area (Å²) in [7, 11) is 0. The Morgan fingerprint density at radius 1 is 0.875 bits per heavy atom. The van der Waals surface area contributed by atoms with Crippen LogP contribution in [-0.4, -0.2) is 0 Å². The van der Waals surface area contributed by atoms with Crippen LogP contribution in [0.5, 0.6) is 0 Å². The van der Waals surface area contributed by atoms with E-state index in [1.165, 1.54) is 21.6 Å². The Bertz CT molecular complexity index is 429. The summed E-state index contributed by atoms with van der Waals surface area (Å²) in [6.07, 6.45) is 0. The lowest BCUT2D eigenvalue weighted by Gasteiger charge is -2.03. The lowest BCUT2D eigenvalue weighted by Crippen LogP contribution is -1.82. The number of benzene rings is 2. The third-order valence-electron chi connectivity index (χ3n) is 2.48. The molecule has 0 heterocycles. The first kappa shape index (κ1) is 11.3. The smallest absolute Gasteiger partial charge is 0.0232 e. The summed E-state index contributed by atoms with van der Waals surface area (Å²) in [5.74, 6) is 1.05. The van der Waals surface area contributed by atoms with E-state index in [4.69, 9.17) is 0 Å². The fourth-order valence-corrected chi connectivity index (χ4v) is 2.63. The summed E-state index contributed by atoms with van der Waals surface area (Å²) in [5.41, 5.74) is 4.06. The van der Waals surface area contributed by atoms with E-state index in [1.54, 1.807) is 0 Å². The zero-order chi connectivity index (χ0) is 11.4. The second kappa shape index (κ2) is 5.22. The Balaban J connectivity index is 2.02. The Kier molecular flexibility index (Phi) is 3.68. The molecule has 0 saturated carbocycles. The molecular formula is C15H16S. The molecular weight excluding hydrogens is 212 g/mol. The molecule has 0 aliphatic heterocycles. The highest BCUT2D eigenvalue weighted by Gasteiger charge is 1.96. The van der Waals surface area contributed by atoms with E-state index < -0.39 is 0 Å². The van der Waals surface area contributed by atoms with Gasteiger partial charge in [-0.1, -0.05) is 47.5 Å². The van der Waals surface area contributed by atoms with E-state index in [-0.39, 0.29) is 0 Å². The maximum atomic E-state index is 2.25. The van der Waals surface area contributed by atoms with Gasteiger partial charge < -0.3 is 0 Å². The number of hydrogen-bond donors (Lipinski definition) is 0. The van der Waals surface area contributed by atoms with Crippen molar-refractivity contribution in [2.45, 2.75) is 24.5 Å². The van der Waals surface area contributed by atoms with Crippen LogP contribution in [0.1, 0.15) is 16.7 Å². The third-order valence-corrected chi connectivity index (χ3v) is 3.54. The molecule has 2 aromatic carbocycles. The van der Waals surface area contributed by atoms with Gasteiger partial charge in [-0.3, -0.25) is 0 Å². The average Bonchev–Trinajstić information content (AvgIpc) is 2.27. The molecule has 0 aliphatic carbocycles. The van der Waals surface area contributed by atoms with Crippen molar-refractivity contribution in [2.24, 2.45) is 0 Å². The zero-order valence-corrected chi connectivity index (χ0v) is 10.6. The van der Waals surface area contributed by atoms with E-state index in [2.05, 4.69) is 62.4 Å². The van der Waals surface area contributed by atoms with Gasteiger partial charge in [-0.2, -0.15) is 0 Å². The van der Waals surface area contributed by atoms with Crippen molar-refractivity contribution < 1.29 is 0 Å². The molecule has 2 rings (SSSR count). The fourth-order valence-electron chi connectivity index (χ4n) is 1.67. The van der Waals surface area contributed by atoms with Crippen LogP contribution in [0, 0.1) is 13.8 Å². The highest BCUT2D eigenvalue weighted by atomic mass is 32.2. The summed E-state index contributed by atoms with van der Waals surface area (Å²) in [5, 5.41) is 0. The number of thioether (sulfide) groups is 1. The molecule has 0 saturated heterocycles. The largest absolute Gasteiger partial charge is 0.121 e. The third kappa shape index (κ3) is 3.14. The molecule has 0 bridgehead atoms. The van der Waals surface area contributed by atoms with Crippen molar-refractivity contribution >= 4 is 11.8 Å². The first-order valence-electron chi connectivity index (χ1n) is 5.49. The van der Waals surface area contributed by atoms with Gasteiger partial charge in [-0.15, -0.1) is 11.8 Å². The van der Waals surface area contributed by atoms with Gasteiger partial charge in [0.05, 0.1) is 0 Å². The molecule has 0 fully saturated rings. The van der Waals surface area contributed by atoms with Crippen LogP contribution in [-0.2, 0) is 5.75 Å². The molecule has 16 heavy (non-hydrogen) atoms. The van der Waals surface area contributed by atoms with E-state index in [0.29, 0.717) is 0 Å². The maximum Gasteiger partial charge on any atom is 0.0232 e. The van der Waals surface area contributed by atoms with Gasteiger partial charge in [0, 0.05) is 10.6 Å². The van der Waals surface area contributed by atoms with Gasteiger partial charge in [0.25, 0.3) is 0 Å². The predicted octanol–water partition coefficient (Wildman–Crippen LogP) is 4.60. The molecule has 0 aromatic heterocycles. The van der Waals surface area contributed by atoms with Crippen molar-refractivity contribution in [3.8, 4) is 0 Å². The summed E-state index contributed by atoms with van der Waals surface area (Å²) in [6.45, 7) is 4.28. The highest BCUT2D eigenvalue weighted by Crippen LogP contribution is 2.23. The van der Waals surface area contributed by atoms with Crippen LogP contribution < -0.4 is 0 Å². The molecule has 0 nitrogen and oxygen atoms in total. The molecule has 2 aromatic rings. The molecule has 0 N–H and O–H groups in total. The van der Waals surface area contributed by atoms with E-state index in [0.717, 1.165) is 5.75 Å². The Hall–Kier alpha value is -1.21. The van der Waals surface area contributed by atoms with Crippen molar-refractivity contribution in [1.29, 1.82) is 0 Å². The molecule has 0 aliphatic rings. The van der Waals surface area contributed by atoms with Gasteiger partial charge in [0.15, 0.2) is 0 Å². The molecule has 0 unspecified atom stereocenters. The van der Waals surface area contributed by atoms with Crippen LogP contribution >= 0.6 is 11.8 Å². The Morgan fingerprint density at radius 2 is 1.56 bits per heavy atom. The van der Waals surface area contributed by atoms with Gasteiger partial charge in [0.1, 0.15) is 0 Å².